The van der Waals surface area contributed by atoms with Crippen molar-refractivity contribution < 1.29 is 22.7 Å². The van der Waals surface area contributed by atoms with Gasteiger partial charge in [-0.2, -0.15) is 13.2 Å². The number of rotatable bonds is 5. The molecule has 0 radical (unpaired) electrons. The van der Waals surface area contributed by atoms with Crippen LogP contribution in [0.1, 0.15) is 31.9 Å². The third-order valence-electron chi connectivity index (χ3n) is 3.07. The molecule has 0 saturated heterocycles. The molecule has 0 fully saturated rings. The van der Waals surface area contributed by atoms with Crippen LogP contribution in [0, 0.1) is 19.3 Å². The smallest absolute Gasteiger partial charge is 0.406 e. The zero-order valence-electron chi connectivity index (χ0n) is 14.3. The molecular weight excluding hydrogens is 307 g/mol. The summed E-state index contributed by atoms with van der Waals surface area (Å²) in [5.74, 6) is -0.163. The Morgan fingerprint density at radius 2 is 1.74 bits per heavy atom. The van der Waals surface area contributed by atoms with Gasteiger partial charge < -0.3 is 9.64 Å². The molecule has 1 rings (SSSR count). The molecule has 0 heterocycles. The molecule has 0 atom stereocenters. The van der Waals surface area contributed by atoms with Crippen molar-refractivity contribution >= 4 is 5.91 Å². The number of nitrogens with zero attached hydrogens (tertiary/aromatic N) is 1. The predicted molar refractivity (Wildman–Crippen MR) is 83.5 cm³/mol. The van der Waals surface area contributed by atoms with Crippen LogP contribution in [0.2, 0.25) is 0 Å². The second kappa shape index (κ2) is 7.23. The molecule has 0 saturated carbocycles. The van der Waals surface area contributed by atoms with E-state index in [-0.39, 0.29) is 6.54 Å². The fourth-order valence-corrected chi connectivity index (χ4v) is 2.21. The average molecular weight is 331 g/mol. The van der Waals surface area contributed by atoms with E-state index in [2.05, 4.69) is 0 Å². The molecule has 1 aromatic rings. The van der Waals surface area contributed by atoms with E-state index >= 15 is 0 Å². The van der Waals surface area contributed by atoms with Gasteiger partial charge in [-0.25, -0.2) is 0 Å². The first-order valence-electron chi connectivity index (χ1n) is 7.42. The summed E-state index contributed by atoms with van der Waals surface area (Å²) < 4.78 is 43.4. The lowest BCUT2D eigenvalue weighted by molar-refractivity contribution is -0.164. The highest BCUT2D eigenvalue weighted by Crippen LogP contribution is 2.22. The average Bonchev–Trinajstić information content (AvgIpc) is 2.33. The highest BCUT2D eigenvalue weighted by molar-refractivity contribution is 5.78. The molecule has 1 aromatic carbocycles. The number of carbonyl (C=O) groups excluding carboxylic acids is 1. The van der Waals surface area contributed by atoms with E-state index in [9.17, 15) is 18.0 Å². The molecule has 0 spiro atoms. The van der Waals surface area contributed by atoms with E-state index in [1.54, 1.807) is 26.8 Å². The standard InChI is InChI=1S/C17H24F3NO2/c1-12-6-7-14(13(2)8-12)23-9-15(22)21(10-16(3,4)5)11-17(18,19)20/h6-8H,9-11H2,1-5H3. The minimum atomic E-state index is -4.43. The van der Waals surface area contributed by atoms with Gasteiger partial charge in [0.15, 0.2) is 6.61 Å². The van der Waals surface area contributed by atoms with Crippen LogP contribution in [-0.2, 0) is 4.79 Å². The maximum Gasteiger partial charge on any atom is 0.406 e. The second-order valence-corrected chi connectivity index (χ2v) is 6.98. The monoisotopic (exact) mass is 331 g/mol. The third kappa shape index (κ3) is 7.39. The van der Waals surface area contributed by atoms with E-state index in [0.717, 1.165) is 16.0 Å². The fourth-order valence-electron chi connectivity index (χ4n) is 2.21. The van der Waals surface area contributed by atoms with E-state index in [1.807, 2.05) is 26.0 Å². The van der Waals surface area contributed by atoms with Gasteiger partial charge in [-0.05, 0) is 30.9 Å². The lowest BCUT2D eigenvalue weighted by Gasteiger charge is -2.30. The van der Waals surface area contributed by atoms with Gasteiger partial charge in [0, 0.05) is 6.54 Å². The van der Waals surface area contributed by atoms with Crippen LogP contribution in [0.4, 0.5) is 13.2 Å². The minimum Gasteiger partial charge on any atom is -0.484 e. The zero-order valence-corrected chi connectivity index (χ0v) is 14.3. The number of hydrogen-bond donors (Lipinski definition) is 0. The zero-order chi connectivity index (χ0) is 17.8. The lowest BCUT2D eigenvalue weighted by Crippen LogP contribution is -2.45. The van der Waals surface area contributed by atoms with E-state index in [4.69, 9.17) is 4.74 Å². The number of halogens is 3. The molecule has 0 bridgehead atoms. The first-order valence-corrected chi connectivity index (χ1v) is 7.42. The van der Waals surface area contributed by atoms with Gasteiger partial charge >= 0.3 is 6.18 Å². The Balaban J connectivity index is 2.76. The molecule has 3 nitrogen and oxygen atoms in total. The van der Waals surface area contributed by atoms with Crippen LogP contribution in [0.15, 0.2) is 18.2 Å². The number of aryl methyl sites for hydroxylation is 2. The Labute approximate surface area is 135 Å². The largest absolute Gasteiger partial charge is 0.484 e. The Bertz CT molecular complexity index is 532. The maximum absolute atomic E-state index is 12.7. The normalized spacial score (nSPS) is 12.2. The Hall–Kier alpha value is -1.72. The Morgan fingerprint density at radius 1 is 1.13 bits per heavy atom. The van der Waals surface area contributed by atoms with Crippen molar-refractivity contribution in [2.45, 2.75) is 40.8 Å². The SMILES string of the molecule is Cc1ccc(OCC(=O)N(CC(C)(C)C)CC(F)(F)F)c(C)c1. The molecule has 0 N–H and O–H groups in total. The lowest BCUT2D eigenvalue weighted by atomic mass is 9.96. The molecule has 130 valence electrons. The van der Waals surface area contributed by atoms with Crippen molar-refractivity contribution in [1.82, 2.24) is 4.90 Å². The van der Waals surface area contributed by atoms with Crippen molar-refractivity contribution in [1.29, 1.82) is 0 Å². The number of benzene rings is 1. The summed E-state index contributed by atoms with van der Waals surface area (Å²) in [6.45, 7) is 7.46. The van der Waals surface area contributed by atoms with Gasteiger partial charge in [0.25, 0.3) is 5.91 Å². The summed E-state index contributed by atoms with van der Waals surface area (Å²) in [7, 11) is 0. The highest BCUT2D eigenvalue weighted by Gasteiger charge is 2.34. The summed E-state index contributed by atoms with van der Waals surface area (Å²) in [6, 6.07) is 5.44. The third-order valence-corrected chi connectivity index (χ3v) is 3.07. The van der Waals surface area contributed by atoms with Crippen molar-refractivity contribution in [3.63, 3.8) is 0 Å². The summed E-state index contributed by atoms with van der Waals surface area (Å²) in [5.41, 5.74) is 1.46. The summed E-state index contributed by atoms with van der Waals surface area (Å²) >= 11 is 0. The van der Waals surface area contributed by atoms with Crippen LogP contribution in [0.5, 0.6) is 5.75 Å². The minimum absolute atomic E-state index is 0.0155. The Kier molecular flexibility index (Phi) is 6.08. The maximum atomic E-state index is 12.7. The molecule has 23 heavy (non-hydrogen) atoms. The molecule has 0 aliphatic rings. The second-order valence-electron chi connectivity index (χ2n) is 6.98. The van der Waals surface area contributed by atoms with Gasteiger partial charge in [-0.15, -0.1) is 0 Å². The highest BCUT2D eigenvalue weighted by atomic mass is 19.4. The quantitative estimate of drug-likeness (QED) is 0.812. The number of ether oxygens (including phenoxy) is 1. The van der Waals surface area contributed by atoms with E-state index in [0.29, 0.717) is 5.75 Å². The predicted octanol–water partition coefficient (Wildman–Crippen LogP) is 4.12. The first-order chi connectivity index (χ1) is 10.4. The first kappa shape index (κ1) is 19.3. The molecule has 0 aliphatic carbocycles. The van der Waals surface area contributed by atoms with Gasteiger partial charge in [0.05, 0.1) is 0 Å². The van der Waals surface area contributed by atoms with Crippen molar-refractivity contribution in [2.24, 2.45) is 5.41 Å². The molecule has 6 heteroatoms. The Morgan fingerprint density at radius 3 is 2.22 bits per heavy atom. The molecular formula is C17H24F3NO2. The van der Waals surface area contributed by atoms with Gasteiger partial charge in [-0.3, -0.25) is 4.79 Å². The number of hydrogen-bond acceptors (Lipinski definition) is 2. The van der Waals surface area contributed by atoms with Crippen LogP contribution in [0.25, 0.3) is 0 Å². The van der Waals surface area contributed by atoms with Crippen molar-refractivity contribution in [2.75, 3.05) is 19.7 Å². The van der Waals surface area contributed by atoms with Gasteiger partial charge in [-0.1, -0.05) is 38.5 Å². The summed E-state index contributed by atoms with van der Waals surface area (Å²) in [6.07, 6.45) is -4.43. The number of alkyl halides is 3. The summed E-state index contributed by atoms with van der Waals surface area (Å²) in [4.78, 5) is 13.0. The number of carbonyl (C=O) groups is 1. The molecule has 0 aliphatic heterocycles. The molecule has 1 amide bonds. The van der Waals surface area contributed by atoms with Crippen molar-refractivity contribution in [3.05, 3.63) is 29.3 Å². The fraction of sp³-hybridized carbons (Fsp3) is 0.588. The molecule has 0 unspecified atom stereocenters. The van der Waals surface area contributed by atoms with Crippen LogP contribution < -0.4 is 4.74 Å². The van der Waals surface area contributed by atoms with E-state index < -0.39 is 30.7 Å². The van der Waals surface area contributed by atoms with Crippen molar-refractivity contribution in [3.8, 4) is 5.75 Å². The van der Waals surface area contributed by atoms with Crippen LogP contribution in [-0.4, -0.2) is 36.7 Å². The summed E-state index contributed by atoms with van der Waals surface area (Å²) in [5, 5.41) is 0. The van der Waals surface area contributed by atoms with Crippen LogP contribution in [0.3, 0.4) is 0 Å². The number of amides is 1. The molecule has 0 aromatic heterocycles. The van der Waals surface area contributed by atoms with E-state index in [1.165, 1.54) is 0 Å². The topological polar surface area (TPSA) is 29.5 Å². The van der Waals surface area contributed by atoms with Gasteiger partial charge in [0.2, 0.25) is 0 Å². The van der Waals surface area contributed by atoms with Gasteiger partial charge in [0.1, 0.15) is 12.3 Å². The van der Waals surface area contributed by atoms with Crippen LogP contribution >= 0.6 is 0 Å².